The highest BCUT2D eigenvalue weighted by Gasteiger charge is 2.31. The number of piperidine rings is 1. The van der Waals surface area contributed by atoms with Gasteiger partial charge in [0.05, 0.1) is 17.8 Å². The van der Waals surface area contributed by atoms with Crippen LogP contribution in [0, 0.1) is 5.92 Å². The fourth-order valence-electron chi connectivity index (χ4n) is 3.93. The van der Waals surface area contributed by atoms with Gasteiger partial charge >= 0.3 is 0 Å². The highest BCUT2D eigenvalue weighted by atomic mass is 32.2. The van der Waals surface area contributed by atoms with E-state index in [4.69, 9.17) is 4.74 Å². The van der Waals surface area contributed by atoms with Gasteiger partial charge in [-0.25, -0.2) is 12.7 Å². The van der Waals surface area contributed by atoms with Gasteiger partial charge in [-0.3, -0.25) is 4.79 Å². The maximum Gasteiger partial charge on any atom is 0.224 e. The number of hydrogen-bond donors (Lipinski definition) is 1. The van der Waals surface area contributed by atoms with Crippen LogP contribution in [0.15, 0.2) is 54.6 Å². The number of carbonyl (C=O) groups is 1. The Morgan fingerprint density at radius 1 is 1.09 bits per heavy atom. The lowest BCUT2D eigenvalue weighted by molar-refractivity contribution is -0.126. The Hall–Kier alpha value is -2.38. The van der Waals surface area contributed by atoms with Crippen LogP contribution in [0.4, 0.5) is 0 Å². The molecule has 174 valence electrons. The van der Waals surface area contributed by atoms with E-state index < -0.39 is 10.0 Å². The molecular formula is C25H34N2O4S. The number of benzene rings is 2. The summed E-state index contributed by atoms with van der Waals surface area (Å²) in [6.45, 7) is 5.13. The van der Waals surface area contributed by atoms with Gasteiger partial charge in [0, 0.05) is 19.6 Å². The molecule has 1 fully saturated rings. The zero-order valence-corrected chi connectivity index (χ0v) is 19.8. The molecular weight excluding hydrogens is 424 g/mol. The third-order valence-electron chi connectivity index (χ3n) is 5.62. The van der Waals surface area contributed by atoms with Crippen molar-refractivity contribution in [3.8, 4) is 5.75 Å². The van der Waals surface area contributed by atoms with E-state index in [1.165, 1.54) is 4.31 Å². The molecule has 0 spiro atoms. The van der Waals surface area contributed by atoms with Crippen LogP contribution in [0.2, 0.25) is 0 Å². The Morgan fingerprint density at radius 2 is 1.81 bits per heavy atom. The van der Waals surface area contributed by atoms with Crippen LogP contribution in [0.25, 0.3) is 0 Å². The molecule has 0 radical (unpaired) electrons. The maximum absolute atomic E-state index is 12.8. The van der Waals surface area contributed by atoms with Crippen LogP contribution in [-0.2, 0) is 27.8 Å². The minimum atomic E-state index is -3.36. The second kappa shape index (κ2) is 11.5. The molecule has 0 bridgehead atoms. The number of carbonyl (C=O) groups excluding carboxylic acids is 1. The number of ether oxygens (including phenoxy) is 1. The molecule has 1 aliphatic heterocycles. The molecule has 0 aromatic heterocycles. The van der Waals surface area contributed by atoms with Crippen LogP contribution >= 0.6 is 0 Å². The van der Waals surface area contributed by atoms with Gasteiger partial charge in [0.25, 0.3) is 0 Å². The quantitative estimate of drug-likeness (QED) is 0.588. The first-order chi connectivity index (χ1) is 15.3. The topological polar surface area (TPSA) is 75.7 Å². The van der Waals surface area contributed by atoms with Gasteiger partial charge in [0.15, 0.2) is 0 Å². The highest BCUT2D eigenvalue weighted by Crippen LogP contribution is 2.21. The van der Waals surface area contributed by atoms with Crippen molar-refractivity contribution in [2.24, 2.45) is 5.92 Å². The van der Waals surface area contributed by atoms with Crippen molar-refractivity contribution >= 4 is 15.9 Å². The summed E-state index contributed by atoms with van der Waals surface area (Å²) in [5.41, 5.74) is 2.12. The molecule has 0 saturated carbocycles. The van der Waals surface area contributed by atoms with E-state index in [1.807, 2.05) is 68.4 Å². The second-order valence-electron chi connectivity index (χ2n) is 8.63. The van der Waals surface area contributed by atoms with E-state index in [0.29, 0.717) is 32.4 Å². The Bertz CT molecular complexity index is 959. The molecule has 0 aliphatic carbocycles. The predicted molar refractivity (Wildman–Crippen MR) is 127 cm³/mol. The van der Waals surface area contributed by atoms with E-state index in [1.54, 1.807) is 0 Å². The Kier molecular flexibility index (Phi) is 8.70. The zero-order valence-electron chi connectivity index (χ0n) is 19.0. The minimum Gasteiger partial charge on any atom is -0.491 e. The van der Waals surface area contributed by atoms with Crippen molar-refractivity contribution in [2.75, 3.05) is 18.8 Å². The van der Waals surface area contributed by atoms with Crippen LogP contribution in [-0.4, -0.2) is 43.6 Å². The van der Waals surface area contributed by atoms with Gasteiger partial charge in [0.1, 0.15) is 5.75 Å². The van der Waals surface area contributed by atoms with Crippen molar-refractivity contribution in [3.63, 3.8) is 0 Å². The van der Waals surface area contributed by atoms with Crippen molar-refractivity contribution in [1.82, 2.24) is 9.62 Å². The monoisotopic (exact) mass is 458 g/mol. The number of nitrogens with zero attached hydrogens (tertiary/aromatic N) is 1. The molecule has 2 aromatic rings. The standard InChI is InChI=1S/C25H34N2O4S/c1-20(2)31-24-14-12-22(13-15-24)18-26-25(28)23-11-6-16-27(19-23)32(29,30)17-7-10-21-8-4-3-5-9-21/h3-5,8-9,12-15,20,23H,6-7,10-11,16-19H2,1-2H3,(H,26,28)/t23-/m0/s1. The molecule has 2 aromatic carbocycles. The minimum absolute atomic E-state index is 0.0864. The summed E-state index contributed by atoms with van der Waals surface area (Å²) in [4.78, 5) is 12.7. The third-order valence-corrected chi connectivity index (χ3v) is 7.54. The van der Waals surface area contributed by atoms with E-state index in [9.17, 15) is 13.2 Å². The van der Waals surface area contributed by atoms with Crippen LogP contribution in [0.1, 0.15) is 44.2 Å². The number of hydrogen-bond acceptors (Lipinski definition) is 4. The number of sulfonamides is 1. The number of nitrogens with one attached hydrogen (secondary N) is 1. The largest absolute Gasteiger partial charge is 0.491 e. The Morgan fingerprint density at radius 3 is 2.50 bits per heavy atom. The molecule has 32 heavy (non-hydrogen) atoms. The van der Waals surface area contributed by atoms with Gasteiger partial charge in [-0.2, -0.15) is 0 Å². The summed E-state index contributed by atoms with van der Waals surface area (Å²) in [5.74, 6) is 0.518. The first-order valence-electron chi connectivity index (χ1n) is 11.4. The van der Waals surface area contributed by atoms with Gasteiger partial charge in [-0.05, 0) is 62.8 Å². The molecule has 6 nitrogen and oxygen atoms in total. The first-order valence-corrected chi connectivity index (χ1v) is 13.0. The Balaban J connectivity index is 1.47. The van der Waals surface area contributed by atoms with Crippen molar-refractivity contribution in [1.29, 1.82) is 0 Å². The van der Waals surface area contributed by atoms with Gasteiger partial charge in [-0.15, -0.1) is 0 Å². The average molecular weight is 459 g/mol. The molecule has 1 N–H and O–H groups in total. The molecule has 0 unspecified atom stereocenters. The average Bonchev–Trinajstić information content (AvgIpc) is 2.79. The van der Waals surface area contributed by atoms with E-state index in [-0.39, 0.29) is 30.2 Å². The molecule has 1 amide bonds. The molecule has 3 rings (SSSR count). The van der Waals surface area contributed by atoms with Crippen LogP contribution in [0.5, 0.6) is 5.75 Å². The zero-order chi connectivity index (χ0) is 23.0. The SMILES string of the molecule is CC(C)Oc1ccc(CNC(=O)[C@H]2CCCN(S(=O)(=O)CCCc3ccccc3)C2)cc1. The van der Waals surface area contributed by atoms with Gasteiger partial charge in [-0.1, -0.05) is 42.5 Å². The van der Waals surface area contributed by atoms with Crippen molar-refractivity contribution in [3.05, 3.63) is 65.7 Å². The maximum atomic E-state index is 12.8. The highest BCUT2D eigenvalue weighted by molar-refractivity contribution is 7.89. The number of aryl methyl sites for hydroxylation is 1. The molecule has 1 saturated heterocycles. The summed E-state index contributed by atoms with van der Waals surface area (Å²) in [7, 11) is -3.36. The molecule has 1 aliphatic rings. The summed E-state index contributed by atoms with van der Waals surface area (Å²) in [6, 6.07) is 17.6. The van der Waals surface area contributed by atoms with E-state index >= 15 is 0 Å². The lowest BCUT2D eigenvalue weighted by Gasteiger charge is -2.31. The third kappa shape index (κ3) is 7.35. The van der Waals surface area contributed by atoms with Crippen molar-refractivity contribution in [2.45, 2.75) is 52.2 Å². The first kappa shape index (κ1) is 24.3. The fourth-order valence-corrected chi connectivity index (χ4v) is 5.51. The summed E-state index contributed by atoms with van der Waals surface area (Å²) in [5, 5.41) is 2.96. The number of amides is 1. The smallest absolute Gasteiger partial charge is 0.224 e. The van der Waals surface area contributed by atoms with Crippen LogP contribution < -0.4 is 10.1 Å². The summed E-state index contributed by atoms with van der Waals surface area (Å²) in [6.07, 6.45) is 2.85. The fraction of sp³-hybridized carbons (Fsp3) is 0.480. The summed E-state index contributed by atoms with van der Waals surface area (Å²) >= 11 is 0. The summed E-state index contributed by atoms with van der Waals surface area (Å²) < 4.78 is 32.8. The van der Waals surface area contributed by atoms with Gasteiger partial charge in [0.2, 0.25) is 15.9 Å². The Labute approximate surface area is 192 Å². The van der Waals surface area contributed by atoms with E-state index in [2.05, 4.69) is 5.32 Å². The lowest BCUT2D eigenvalue weighted by Crippen LogP contribution is -2.46. The van der Waals surface area contributed by atoms with Crippen LogP contribution in [0.3, 0.4) is 0 Å². The predicted octanol–water partition coefficient (Wildman–Crippen LogP) is 3.76. The lowest BCUT2D eigenvalue weighted by atomic mass is 9.99. The molecule has 1 atom stereocenters. The van der Waals surface area contributed by atoms with E-state index in [0.717, 1.165) is 23.3 Å². The van der Waals surface area contributed by atoms with Crippen molar-refractivity contribution < 1.29 is 17.9 Å². The second-order valence-corrected chi connectivity index (χ2v) is 10.7. The normalized spacial score (nSPS) is 17.3. The molecule has 7 heteroatoms. The van der Waals surface area contributed by atoms with Gasteiger partial charge < -0.3 is 10.1 Å². The number of rotatable bonds is 10. The molecule has 1 heterocycles.